The molecule has 0 bridgehead atoms. The van der Waals surface area contributed by atoms with Crippen molar-refractivity contribution in [2.75, 3.05) is 20.2 Å². The summed E-state index contributed by atoms with van der Waals surface area (Å²) in [7, 11) is 1.62. The number of benzene rings is 1. The molecule has 0 amide bonds. The van der Waals surface area contributed by atoms with Crippen molar-refractivity contribution in [1.29, 1.82) is 5.26 Å². The Hall–Kier alpha value is -1.57. The van der Waals surface area contributed by atoms with Crippen LogP contribution in [0, 0.1) is 11.3 Å². The molecule has 0 atom stereocenters. The molecular formula is C15H22N2O2. The first-order valence-electron chi connectivity index (χ1n) is 6.41. The SMILES string of the molecule is CCN(Cc1cc(C#N)ccc1OC)CC(C)(C)O. The third kappa shape index (κ3) is 4.90. The number of rotatable bonds is 6. The quantitative estimate of drug-likeness (QED) is 0.853. The van der Waals surface area contributed by atoms with Gasteiger partial charge in [-0.1, -0.05) is 6.92 Å². The molecular weight excluding hydrogens is 240 g/mol. The van der Waals surface area contributed by atoms with Gasteiger partial charge in [-0.05, 0) is 38.6 Å². The summed E-state index contributed by atoms with van der Waals surface area (Å²) in [6.45, 7) is 7.68. The van der Waals surface area contributed by atoms with E-state index in [1.54, 1.807) is 27.0 Å². The fourth-order valence-electron chi connectivity index (χ4n) is 2.04. The van der Waals surface area contributed by atoms with Crippen LogP contribution in [0.5, 0.6) is 5.75 Å². The van der Waals surface area contributed by atoms with Crippen molar-refractivity contribution in [3.8, 4) is 11.8 Å². The Morgan fingerprint density at radius 3 is 2.58 bits per heavy atom. The summed E-state index contributed by atoms with van der Waals surface area (Å²) in [6.07, 6.45) is 0. The van der Waals surface area contributed by atoms with Gasteiger partial charge in [-0.15, -0.1) is 0 Å². The van der Waals surface area contributed by atoms with Crippen molar-refractivity contribution in [3.05, 3.63) is 29.3 Å². The second-order valence-electron chi connectivity index (χ2n) is 5.25. The van der Waals surface area contributed by atoms with Crippen molar-refractivity contribution in [2.45, 2.75) is 32.9 Å². The largest absolute Gasteiger partial charge is 0.496 e. The minimum atomic E-state index is -0.740. The molecule has 4 nitrogen and oxygen atoms in total. The third-order valence-corrected chi connectivity index (χ3v) is 2.86. The minimum Gasteiger partial charge on any atom is -0.496 e. The molecule has 4 heteroatoms. The summed E-state index contributed by atoms with van der Waals surface area (Å²) < 4.78 is 5.32. The van der Waals surface area contributed by atoms with Crippen LogP contribution in [0.15, 0.2) is 18.2 Å². The van der Waals surface area contributed by atoms with Gasteiger partial charge in [0.15, 0.2) is 0 Å². The van der Waals surface area contributed by atoms with E-state index in [0.29, 0.717) is 18.7 Å². The van der Waals surface area contributed by atoms with Gasteiger partial charge in [-0.2, -0.15) is 5.26 Å². The standard InChI is InChI=1S/C15H22N2O2/c1-5-17(11-15(2,3)18)10-13-8-12(9-16)6-7-14(13)19-4/h6-8,18H,5,10-11H2,1-4H3. The Labute approximate surface area is 115 Å². The van der Waals surface area contributed by atoms with Gasteiger partial charge >= 0.3 is 0 Å². The van der Waals surface area contributed by atoms with Crippen LogP contribution in [0.25, 0.3) is 0 Å². The number of hydrogen-bond acceptors (Lipinski definition) is 4. The summed E-state index contributed by atoms with van der Waals surface area (Å²) in [5, 5.41) is 18.9. The molecule has 1 aromatic rings. The first-order chi connectivity index (χ1) is 8.89. The van der Waals surface area contributed by atoms with Gasteiger partial charge in [-0.25, -0.2) is 0 Å². The van der Waals surface area contributed by atoms with Crippen molar-refractivity contribution in [3.63, 3.8) is 0 Å². The molecule has 0 aliphatic carbocycles. The molecule has 0 radical (unpaired) electrons. The van der Waals surface area contributed by atoms with E-state index < -0.39 is 5.60 Å². The van der Waals surface area contributed by atoms with E-state index >= 15 is 0 Å². The molecule has 0 unspecified atom stereocenters. The lowest BCUT2D eigenvalue weighted by Gasteiger charge is -2.28. The molecule has 0 aromatic heterocycles. The van der Waals surface area contributed by atoms with Crippen molar-refractivity contribution >= 4 is 0 Å². The summed E-state index contributed by atoms with van der Waals surface area (Å²) in [5.41, 5.74) is 0.846. The van der Waals surface area contributed by atoms with Crippen LogP contribution in [-0.4, -0.2) is 35.8 Å². The summed E-state index contributed by atoms with van der Waals surface area (Å²) in [6, 6.07) is 7.53. The number of ether oxygens (including phenoxy) is 1. The maximum atomic E-state index is 9.90. The number of likely N-dealkylation sites (N-methyl/N-ethyl adjacent to an activating group) is 1. The molecule has 0 aliphatic heterocycles. The van der Waals surface area contributed by atoms with Gasteiger partial charge in [0.1, 0.15) is 5.75 Å². The highest BCUT2D eigenvalue weighted by atomic mass is 16.5. The van der Waals surface area contributed by atoms with E-state index in [4.69, 9.17) is 10.00 Å². The summed E-state index contributed by atoms with van der Waals surface area (Å²) in [4.78, 5) is 2.12. The lowest BCUT2D eigenvalue weighted by Crippen LogP contribution is -2.38. The molecule has 1 rings (SSSR count). The number of nitriles is 1. The predicted molar refractivity (Wildman–Crippen MR) is 75.0 cm³/mol. The topological polar surface area (TPSA) is 56.5 Å². The van der Waals surface area contributed by atoms with E-state index in [9.17, 15) is 5.11 Å². The molecule has 0 spiro atoms. The predicted octanol–water partition coefficient (Wildman–Crippen LogP) is 2.16. The van der Waals surface area contributed by atoms with E-state index in [1.165, 1.54) is 0 Å². The Bertz CT molecular complexity index is 458. The Balaban J connectivity index is 2.92. The van der Waals surface area contributed by atoms with Crippen LogP contribution in [-0.2, 0) is 6.54 Å². The van der Waals surface area contributed by atoms with Crippen molar-refractivity contribution in [1.82, 2.24) is 4.90 Å². The Morgan fingerprint density at radius 1 is 1.42 bits per heavy atom. The number of hydrogen-bond donors (Lipinski definition) is 1. The van der Waals surface area contributed by atoms with E-state index in [-0.39, 0.29) is 0 Å². The van der Waals surface area contributed by atoms with Gasteiger partial charge in [0.05, 0.1) is 24.3 Å². The van der Waals surface area contributed by atoms with Crippen LogP contribution in [0.4, 0.5) is 0 Å². The normalized spacial score (nSPS) is 11.4. The monoisotopic (exact) mass is 262 g/mol. The molecule has 1 N–H and O–H groups in total. The zero-order chi connectivity index (χ0) is 14.5. The minimum absolute atomic E-state index is 0.573. The second-order valence-corrected chi connectivity index (χ2v) is 5.25. The second kappa shape index (κ2) is 6.55. The number of methoxy groups -OCH3 is 1. The van der Waals surface area contributed by atoms with Crippen LogP contribution < -0.4 is 4.74 Å². The summed E-state index contributed by atoms with van der Waals surface area (Å²) >= 11 is 0. The zero-order valence-corrected chi connectivity index (χ0v) is 12.1. The van der Waals surface area contributed by atoms with Crippen LogP contribution in [0.3, 0.4) is 0 Å². The average molecular weight is 262 g/mol. The fourth-order valence-corrected chi connectivity index (χ4v) is 2.04. The van der Waals surface area contributed by atoms with Crippen molar-refractivity contribution < 1.29 is 9.84 Å². The van der Waals surface area contributed by atoms with Gasteiger partial charge in [-0.3, -0.25) is 4.90 Å². The van der Waals surface area contributed by atoms with Gasteiger partial charge < -0.3 is 9.84 Å². The zero-order valence-electron chi connectivity index (χ0n) is 12.1. The van der Waals surface area contributed by atoms with E-state index in [1.807, 2.05) is 19.1 Å². The molecule has 19 heavy (non-hydrogen) atoms. The first kappa shape index (κ1) is 15.5. The molecule has 0 saturated heterocycles. The highest BCUT2D eigenvalue weighted by Crippen LogP contribution is 2.22. The van der Waals surface area contributed by atoms with E-state index in [2.05, 4.69) is 11.0 Å². The number of nitrogens with zero attached hydrogens (tertiary/aromatic N) is 2. The van der Waals surface area contributed by atoms with Gasteiger partial charge in [0.25, 0.3) is 0 Å². The summed E-state index contributed by atoms with van der Waals surface area (Å²) in [5.74, 6) is 0.771. The Morgan fingerprint density at radius 2 is 2.11 bits per heavy atom. The number of aliphatic hydroxyl groups is 1. The molecule has 0 fully saturated rings. The third-order valence-electron chi connectivity index (χ3n) is 2.86. The maximum Gasteiger partial charge on any atom is 0.123 e. The smallest absolute Gasteiger partial charge is 0.123 e. The van der Waals surface area contributed by atoms with Crippen molar-refractivity contribution in [2.24, 2.45) is 0 Å². The van der Waals surface area contributed by atoms with E-state index in [0.717, 1.165) is 17.9 Å². The fraction of sp³-hybridized carbons (Fsp3) is 0.533. The lowest BCUT2D eigenvalue weighted by atomic mass is 10.1. The van der Waals surface area contributed by atoms with Gasteiger partial charge in [0, 0.05) is 18.7 Å². The van der Waals surface area contributed by atoms with Gasteiger partial charge in [0.2, 0.25) is 0 Å². The highest BCUT2D eigenvalue weighted by Gasteiger charge is 2.18. The van der Waals surface area contributed by atoms with Crippen LogP contribution in [0.1, 0.15) is 31.9 Å². The molecule has 104 valence electrons. The Kier molecular flexibility index (Phi) is 5.34. The van der Waals surface area contributed by atoms with Crippen LogP contribution in [0.2, 0.25) is 0 Å². The lowest BCUT2D eigenvalue weighted by molar-refractivity contribution is 0.0351. The first-order valence-corrected chi connectivity index (χ1v) is 6.41. The highest BCUT2D eigenvalue weighted by molar-refractivity contribution is 5.42. The molecule has 0 saturated carbocycles. The van der Waals surface area contributed by atoms with Crippen LogP contribution >= 0.6 is 0 Å². The molecule has 0 aliphatic rings. The maximum absolute atomic E-state index is 9.90. The molecule has 0 heterocycles. The molecule has 1 aromatic carbocycles. The average Bonchev–Trinajstić information content (AvgIpc) is 2.36.